The highest BCUT2D eigenvalue weighted by Crippen LogP contribution is 2.40. The molecule has 0 fully saturated rings. The van der Waals surface area contributed by atoms with Gasteiger partial charge in [-0.3, -0.25) is 0 Å². The number of hydrogen-bond acceptors (Lipinski definition) is 4. The minimum Gasteiger partial charge on any atom is -0.496 e. The van der Waals surface area contributed by atoms with E-state index in [-0.39, 0.29) is 11.3 Å². The Labute approximate surface area is 105 Å². The third-order valence-corrected chi connectivity index (χ3v) is 3.23. The second kappa shape index (κ2) is 4.17. The fourth-order valence-electron chi connectivity index (χ4n) is 2.05. The van der Waals surface area contributed by atoms with Crippen molar-refractivity contribution in [1.82, 2.24) is 0 Å². The van der Waals surface area contributed by atoms with E-state index in [4.69, 9.17) is 14.6 Å². The molecule has 0 radical (unpaired) electrons. The molecule has 18 heavy (non-hydrogen) atoms. The molecule has 0 aliphatic carbocycles. The molecule has 1 aliphatic heterocycles. The minimum absolute atomic E-state index is 0.0887. The van der Waals surface area contributed by atoms with Gasteiger partial charge in [-0.15, -0.1) is 0 Å². The maximum Gasteiger partial charge on any atom is 0.339 e. The van der Waals surface area contributed by atoms with Crippen molar-refractivity contribution in [3.05, 3.63) is 23.3 Å². The summed E-state index contributed by atoms with van der Waals surface area (Å²) in [6.07, 6.45) is -0.393. The van der Waals surface area contributed by atoms with Crippen LogP contribution in [-0.4, -0.2) is 35.0 Å². The van der Waals surface area contributed by atoms with Crippen molar-refractivity contribution in [3.63, 3.8) is 0 Å². The van der Waals surface area contributed by atoms with Gasteiger partial charge in [-0.2, -0.15) is 0 Å². The normalized spacial score (nSPS) is 20.8. The van der Waals surface area contributed by atoms with Crippen molar-refractivity contribution < 1.29 is 24.5 Å². The quantitative estimate of drug-likeness (QED) is 0.833. The molecule has 2 N–H and O–H groups in total. The van der Waals surface area contributed by atoms with Crippen LogP contribution in [0.15, 0.2) is 12.1 Å². The Bertz CT molecular complexity index is 492. The first-order valence-electron chi connectivity index (χ1n) is 5.67. The highest BCUT2D eigenvalue weighted by atomic mass is 16.5. The zero-order chi connectivity index (χ0) is 13.5. The highest BCUT2D eigenvalue weighted by Gasteiger charge is 2.39. The molecule has 1 aromatic rings. The summed E-state index contributed by atoms with van der Waals surface area (Å²) in [5, 5.41) is 19.2. The van der Waals surface area contributed by atoms with Crippen LogP contribution < -0.4 is 9.47 Å². The van der Waals surface area contributed by atoms with E-state index < -0.39 is 17.7 Å². The maximum absolute atomic E-state index is 11.2. The van der Waals surface area contributed by atoms with Crippen LogP contribution in [0.1, 0.15) is 29.8 Å². The lowest BCUT2D eigenvalue weighted by atomic mass is 9.89. The number of ether oxygens (including phenoxy) is 2. The molecular formula is C13H16O5. The smallest absolute Gasteiger partial charge is 0.339 e. The van der Waals surface area contributed by atoms with E-state index in [1.54, 1.807) is 19.9 Å². The predicted octanol–water partition coefficient (Wildman–Crippen LogP) is 1.47. The van der Waals surface area contributed by atoms with Gasteiger partial charge in [0, 0.05) is 12.0 Å². The molecule has 0 amide bonds. The van der Waals surface area contributed by atoms with E-state index in [0.717, 1.165) is 0 Å². The number of aliphatic hydroxyl groups is 1. The number of carbonyl (C=O) groups is 1. The lowest BCUT2D eigenvalue weighted by molar-refractivity contribution is -0.0423. The van der Waals surface area contributed by atoms with E-state index in [1.807, 2.05) is 0 Å². The van der Waals surface area contributed by atoms with Crippen molar-refractivity contribution in [2.24, 2.45) is 0 Å². The van der Waals surface area contributed by atoms with Crippen molar-refractivity contribution in [2.45, 2.75) is 32.0 Å². The van der Waals surface area contributed by atoms with Crippen LogP contribution >= 0.6 is 0 Å². The molecule has 2 rings (SSSR count). The van der Waals surface area contributed by atoms with Crippen LogP contribution in [0, 0.1) is 0 Å². The summed E-state index contributed by atoms with van der Waals surface area (Å²) < 4.78 is 10.8. The third kappa shape index (κ3) is 1.90. The molecule has 0 spiro atoms. The first-order chi connectivity index (χ1) is 8.36. The van der Waals surface area contributed by atoms with Gasteiger partial charge < -0.3 is 19.7 Å². The number of aliphatic hydroxyl groups excluding tert-OH is 1. The Balaban J connectivity index is 2.61. The number of carboxylic acid groups (broad SMARTS) is 1. The molecule has 0 saturated carbocycles. The molecule has 1 heterocycles. The zero-order valence-electron chi connectivity index (χ0n) is 10.6. The summed E-state index contributed by atoms with van der Waals surface area (Å²) in [6.45, 7) is 3.46. The first kappa shape index (κ1) is 12.7. The van der Waals surface area contributed by atoms with Crippen molar-refractivity contribution in [1.29, 1.82) is 0 Å². The lowest BCUT2D eigenvalue weighted by Gasteiger charge is -2.38. The van der Waals surface area contributed by atoms with Gasteiger partial charge >= 0.3 is 5.97 Å². The Hall–Kier alpha value is -1.75. The van der Waals surface area contributed by atoms with Gasteiger partial charge in [0.1, 0.15) is 22.7 Å². The number of fused-ring (bicyclic) bond motifs is 1. The number of rotatable bonds is 2. The van der Waals surface area contributed by atoms with Crippen LogP contribution in [-0.2, 0) is 6.42 Å². The number of benzene rings is 1. The molecule has 0 saturated heterocycles. The van der Waals surface area contributed by atoms with Crippen molar-refractivity contribution >= 4 is 5.97 Å². The van der Waals surface area contributed by atoms with Crippen LogP contribution in [0.2, 0.25) is 0 Å². The number of hydrogen-bond donors (Lipinski definition) is 2. The molecule has 0 aromatic heterocycles. The Morgan fingerprint density at radius 3 is 2.72 bits per heavy atom. The van der Waals surface area contributed by atoms with Gasteiger partial charge in [0.2, 0.25) is 0 Å². The SMILES string of the molecule is COc1ccc(C(=O)O)c2c1CC(O)C(C)(C)O2. The number of aromatic carboxylic acids is 1. The Morgan fingerprint density at radius 1 is 1.50 bits per heavy atom. The summed E-state index contributed by atoms with van der Waals surface area (Å²) in [7, 11) is 1.50. The number of methoxy groups -OCH3 is 1. The van der Waals surface area contributed by atoms with Crippen LogP contribution in [0.3, 0.4) is 0 Å². The van der Waals surface area contributed by atoms with Crippen LogP contribution in [0.5, 0.6) is 11.5 Å². The van der Waals surface area contributed by atoms with Crippen LogP contribution in [0.4, 0.5) is 0 Å². The van der Waals surface area contributed by atoms with Gasteiger partial charge in [-0.1, -0.05) is 0 Å². The zero-order valence-corrected chi connectivity index (χ0v) is 10.6. The predicted molar refractivity (Wildman–Crippen MR) is 64.4 cm³/mol. The molecule has 5 nitrogen and oxygen atoms in total. The maximum atomic E-state index is 11.2. The molecule has 98 valence electrons. The minimum atomic E-state index is -1.05. The number of carboxylic acids is 1. The Morgan fingerprint density at radius 2 is 2.17 bits per heavy atom. The molecule has 1 atom stereocenters. The van der Waals surface area contributed by atoms with Gasteiger partial charge in [0.25, 0.3) is 0 Å². The van der Waals surface area contributed by atoms with Crippen LogP contribution in [0.25, 0.3) is 0 Å². The highest BCUT2D eigenvalue weighted by molar-refractivity contribution is 5.92. The average molecular weight is 252 g/mol. The summed E-state index contributed by atoms with van der Waals surface area (Å²) in [5.41, 5.74) is -0.126. The molecule has 1 unspecified atom stereocenters. The summed E-state index contributed by atoms with van der Waals surface area (Å²) in [5.74, 6) is -0.234. The van der Waals surface area contributed by atoms with E-state index in [0.29, 0.717) is 17.7 Å². The second-order valence-corrected chi connectivity index (χ2v) is 4.85. The van der Waals surface area contributed by atoms with E-state index in [2.05, 4.69) is 0 Å². The Kier molecular flexibility index (Phi) is 2.94. The first-order valence-corrected chi connectivity index (χ1v) is 5.67. The summed E-state index contributed by atoms with van der Waals surface area (Å²) in [4.78, 5) is 11.2. The second-order valence-electron chi connectivity index (χ2n) is 4.85. The standard InChI is InChI=1S/C13H16O5/c1-13(2)10(14)6-8-9(17-3)5-4-7(12(15)16)11(8)18-13/h4-5,10,14H,6H2,1-3H3,(H,15,16). The van der Waals surface area contributed by atoms with Crippen molar-refractivity contribution in [2.75, 3.05) is 7.11 Å². The molecule has 1 aliphatic rings. The summed E-state index contributed by atoms with van der Waals surface area (Å²) >= 11 is 0. The van der Waals surface area contributed by atoms with Crippen molar-refractivity contribution in [3.8, 4) is 11.5 Å². The monoisotopic (exact) mass is 252 g/mol. The lowest BCUT2D eigenvalue weighted by Crippen LogP contribution is -2.46. The average Bonchev–Trinajstić information content (AvgIpc) is 2.28. The van der Waals surface area contributed by atoms with E-state index in [9.17, 15) is 9.90 Å². The largest absolute Gasteiger partial charge is 0.496 e. The van der Waals surface area contributed by atoms with Gasteiger partial charge in [-0.25, -0.2) is 4.79 Å². The van der Waals surface area contributed by atoms with Gasteiger partial charge in [-0.05, 0) is 26.0 Å². The third-order valence-electron chi connectivity index (χ3n) is 3.23. The molecule has 5 heteroatoms. The molecule has 0 bridgehead atoms. The fraction of sp³-hybridized carbons (Fsp3) is 0.462. The summed E-state index contributed by atoms with van der Waals surface area (Å²) in [6, 6.07) is 3.03. The molecular weight excluding hydrogens is 236 g/mol. The van der Waals surface area contributed by atoms with E-state index in [1.165, 1.54) is 13.2 Å². The van der Waals surface area contributed by atoms with E-state index >= 15 is 0 Å². The fourth-order valence-corrected chi connectivity index (χ4v) is 2.05. The van der Waals surface area contributed by atoms with Gasteiger partial charge in [0.15, 0.2) is 0 Å². The molecule has 1 aromatic carbocycles. The topological polar surface area (TPSA) is 76.0 Å². The van der Waals surface area contributed by atoms with Gasteiger partial charge in [0.05, 0.1) is 13.2 Å².